The lowest BCUT2D eigenvalue weighted by atomic mass is 9.93. The van der Waals surface area contributed by atoms with Gasteiger partial charge in [-0.3, -0.25) is 4.79 Å². The molecule has 3 heteroatoms. The van der Waals surface area contributed by atoms with Crippen molar-refractivity contribution in [2.45, 2.75) is 40.0 Å². The molecule has 0 aromatic heterocycles. The highest BCUT2D eigenvalue weighted by atomic mass is 16.2. The van der Waals surface area contributed by atoms with E-state index in [1.165, 1.54) is 0 Å². The highest BCUT2D eigenvalue weighted by Crippen LogP contribution is 2.19. The topological polar surface area (TPSA) is 32.3 Å². The van der Waals surface area contributed by atoms with Gasteiger partial charge < -0.3 is 10.2 Å². The molecule has 1 rings (SSSR count). The van der Waals surface area contributed by atoms with Crippen LogP contribution in [0.5, 0.6) is 0 Å². The minimum Gasteiger partial charge on any atom is -0.345 e. The molecule has 0 atom stereocenters. The Morgan fingerprint density at radius 2 is 1.88 bits per heavy atom. The quantitative estimate of drug-likeness (QED) is 0.797. The van der Waals surface area contributed by atoms with Crippen LogP contribution in [0.15, 0.2) is 0 Å². The van der Waals surface area contributed by atoms with Gasteiger partial charge in [0.25, 0.3) is 0 Å². The SMILES string of the molecule is CN(CC(C)(C)C)C(=O)CC1CCNCC1. The third-order valence-electron chi connectivity index (χ3n) is 3.06. The molecule has 0 unspecified atom stereocenters. The fraction of sp³-hybridized carbons (Fsp3) is 0.923. The molecule has 1 fully saturated rings. The predicted octanol–water partition coefficient (Wildman–Crippen LogP) is 1.88. The van der Waals surface area contributed by atoms with E-state index in [-0.39, 0.29) is 5.41 Å². The molecule has 0 radical (unpaired) electrons. The zero-order chi connectivity index (χ0) is 12.2. The summed E-state index contributed by atoms with van der Waals surface area (Å²) < 4.78 is 0. The van der Waals surface area contributed by atoms with E-state index in [0.717, 1.165) is 38.9 Å². The summed E-state index contributed by atoms with van der Waals surface area (Å²) in [7, 11) is 1.93. The van der Waals surface area contributed by atoms with Crippen molar-refractivity contribution in [1.82, 2.24) is 10.2 Å². The van der Waals surface area contributed by atoms with Crippen LogP contribution in [0.4, 0.5) is 0 Å². The van der Waals surface area contributed by atoms with Crippen LogP contribution in [0.2, 0.25) is 0 Å². The smallest absolute Gasteiger partial charge is 0.222 e. The Hall–Kier alpha value is -0.570. The number of nitrogens with zero attached hydrogens (tertiary/aromatic N) is 1. The minimum atomic E-state index is 0.193. The molecule has 0 saturated carbocycles. The Morgan fingerprint density at radius 3 is 2.38 bits per heavy atom. The molecule has 0 spiro atoms. The van der Waals surface area contributed by atoms with Crippen LogP contribution in [0, 0.1) is 11.3 Å². The van der Waals surface area contributed by atoms with Crippen molar-refractivity contribution in [3.8, 4) is 0 Å². The Bertz CT molecular complexity index is 227. The second-order valence-corrected chi connectivity index (χ2v) is 6.21. The van der Waals surface area contributed by atoms with Gasteiger partial charge in [-0.25, -0.2) is 0 Å². The van der Waals surface area contributed by atoms with Gasteiger partial charge in [0.05, 0.1) is 0 Å². The molecule has 1 N–H and O–H groups in total. The van der Waals surface area contributed by atoms with E-state index in [4.69, 9.17) is 0 Å². The van der Waals surface area contributed by atoms with Gasteiger partial charge in [-0.05, 0) is 37.3 Å². The van der Waals surface area contributed by atoms with Crippen molar-refractivity contribution in [3.63, 3.8) is 0 Å². The number of piperidine rings is 1. The Balaban J connectivity index is 2.33. The van der Waals surface area contributed by atoms with E-state index in [1.54, 1.807) is 0 Å². The maximum atomic E-state index is 12.0. The molecule has 0 aromatic carbocycles. The summed E-state index contributed by atoms with van der Waals surface area (Å²) in [6.45, 7) is 9.49. The summed E-state index contributed by atoms with van der Waals surface area (Å²) in [6, 6.07) is 0. The monoisotopic (exact) mass is 226 g/mol. The summed E-state index contributed by atoms with van der Waals surface area (Å²) >= 11 is 0. The molecule has 0 bridgehead atoms. The highest BCUT2D eigenvalue weighted by Gasteiger charge is 2.21. The minimum absolute atomic E-state index is 0.193. The Morgan fingerprint density at radius 1 is 1.31 bits per heavy atom. The van der Waals surface area contributed by atoms with Gasteiger partial charge in [0.2, 0.25) is 5.91 Å². The average molecular weight is 226 g/mol. The maximum Gasteiger partial charge on any atom is 0.222 e. The van der Waals surface area contributed by atoms with Gasteiger partial charge in [-0.2, -0.15) is 0 Å². The van der Waals surface area contributed by atoms with E-state index in [1.807, 2.05) is 11.9 Å². The summed E-state index contributed by atoms with van der Waals surface area (Å²) in [6.07, 6.45) is 3.03. The lowest BCUT2D eigenvalue weighted by molar-refractivity contribution is -0.132. The van der Waals surface area contributed by atoms with Crippen LogP contribution in [0.1, 0.15) is 40.0 Å². The third-order valence-corrected chi connectivity index (χ3v) is 3.06. The van der Waals surface area contributed by atoms with E-state index in [0.29, 0.717) is 11.8 Å². The van der Waals surface area contributed by atoms with Gasteiger partial charge in [-0.15, -0.1) is 0 Å². The first kappa shape index (κ1) is 13.5. The lowest BCUT2D eigenvalue weighted by Crippen LogP contribution is -2.37. The molecule has 1 amide bonds. The van der Waals surface area contributed by atoms with Crippen molar-refractivity contribution in [1.29, 1.82) is 0 Å². The van der Waals surface area contributed by atoms with Crippen molar-refractivity contribution in [3.05, 3.63) is 0 Å². The molecule has 1 aliphatic heterocycles. The molecule has 0 aliphatic carbocycles. The molecular formula is C13H26N2O. The van der Waals surface area contributed by atoms with Crippen LogP contribution in [-0.4, -0.2) is 37.5 Å². The number of nitrogens with one attached hydrogen (secondary N) is 1. The molecule has 1 aliphatic rings. The number of carbonyl (C=O) groups is 1. The zero-order valence-corrected chi connectivity index (χ0v) is 11.2. The highest BCUT2D eigenvalue weighted by molar-refractivity contribution is 5.76. The molecule has 16 heavy (non-hydrogen) atoms. The standard InChI is InChI=1S/C13H26N2O/c1-13(2,3)10-15(4)12(16)9-11-5-7-14-8-6-11/h11,14H,5-10H2,1-4H3. The summed E-state index contributed by atoms with van der Waals surface area (Å²) in [4.78, 5) is 13.9. The van der Waals surface area contributed by atoms with Crippen LogP contribution in [0.25, 0.3) is 0 Å². The largest absolute Gasteiger partial charge is 0.345 e. The number of hydrogen-bond acceptors (Lipinski definition) is 2. The number of carbonyl (C=O) groups excluding carboxylic acids is 1. The summed E-state index contributed by atoms with van der Waals surface area (Å²) in [5.74, 6) is 0.901. The van der Waals surface area contributed by atoms with E-state index < -0.39 is 0 Å². The van der Waals surface area contributed by atoms with Gasteiger partial charge in [0, 0.05) is 20.0 Å². The first-order chi connectivity index (χ1) is 7.38. The van der Waals surface area contributed by atoms with E-state index in [2.05, 4.69) is 26.1 Å². The van der Waals surface area contributed by atoms with Crippen molar-refractivity contribution < 1.29 is 4.79 Å². The number of rotatable bonds is 3. The van der Waals surface area contributed by atoms with E-state index >= 15 is 0 Å². The number of hydrogen-bond donors (Lipinski definition) is 1. The first-order valence-corrected chi connectivity index (χ1v) is 6.33. The van der Waals surface area contributed by atoms with Crippen molar-refractivity contribution >= 4 is 5.91 Å². The maximum absolute atomic E-state index is 12.0. The molecule has 94 valence electrons. The van der Waals surface area contributed by atoms with Crippen LogP contribution in [0.3, 0.4) is 0 Å². The molecule has 3 nitrogen and oxygen atoms in total. The molecule has 1 saturated heterocycles. The van der Waals surface area contributed by atoms with Gasteiger partial charge in [0.15, 0.2) is 0 Å². The fourth-order valence-corrected chi connectivity index (χ4v) is 2.29. The van der Waals surface area contributed by atoms with Crippen molar-refractivity contribution in [2.75, 3.05) is 26.7 Å². The fourth-order valence-electron chi connectivity index (χ4n) is 2.29. The lowest BCUT2D eigenvalue weighted by Gasteiger charge is -2.29. The van der Waals surface area contributed by atoms with Crippen molar-refractivity contribution in [2.24, 2.45) is 11.3 Å². The number of amides is 1. The predicted molar refractivity (Wildman–Crippen MR) is 67.3 cm³/mol. The normalized spacial score (nSPS) is 18.5. The van der Waals surface area contributed by atoms with Crippen LogP contribution < -0.4 is 5.32 Å². The van der Waals surface area contributed by atoms with E-state index in [9.17, 15) is 4.79 Å². The van der Waals surface area contributed by atoms with Gasteiger partial charge in [-0.1, -0.05) is 20.8 Å². The third kappa shape index (κ3) is 4.97. The molecule has 0 aromatic rings. The van der Waals surface area contributed by atoms with Gasteiger partial charge in [0.1, 0.15) is 0 Å². The Labute approximate surface area is 99.6 Å². The first-order valence-electron chi connectivity index (χ1n) is 6.33. The molecule has 1 heterocycles. The summed E-state index contributed by atoms with van der Waals surface area (Å²) in [5.41, 5.74) is 0.193. The van der Waals surface area contributed by atoms with Gasteiger partial charge >= 0.3 is 0 Å². The summed E-state index contributed by atoms with van der Waals surface area (Å²) in [5, 5.41) is 3.33. The molecular weight excluding hydrogens is 200 g/mol. The second kappa shape index (κ2) is 5.67. The van der Waals surface area contributed by atoms with Crippen LogP contribution >= 0.6 is 0 Å². The Kier molecular flexibility index (Phi) is 4.78. The average Bonchev–Trinajstić information content (AvgIpc) is 2.16. The zero-order valence-electron chi connectivity index (χ0n) is 11.2. The second-order valence-electron chi connectivity index (χ2n) is 6.21. The van der Waals surface area contributed by atoms with Crippen LogP contribution in [-0.2, 0) is 4.79 Å².